The Kier molecular flexibility index (Phi) is 28.3. The number of ether oxygens (including phenoxy) is 4. The van der Waals surface area contributed by atoms with Gasteiger partial charge in [0.05, 0.1) is 30.5 Å². The molecule has 0 aromatic heterocycles. The maximum atomic E-state index is 12.8. The first-order chi connectivity index (χ1) is 30.3. The molecular formula is C56H88O8. The number of hydrogen-bond donors (Lipinski definition) is 2. The van der Waals surface area contributed by atoms with Gasteiger partial charge in [-0.1, -0.05) is 139 Å². The number of allylic oxidation sites excluding steroid dienone is 10. The minimum absolute atomic E-state index is 0.0497. The molecule has 0 bridgehead atoms. The third-order valence-corrected chi connectivity index (χ3v) is 12.4. The molecule has 0 saturated carbocycles. The number of rotatable bonds is 8. The molecule has 0 unspecified atom stereocenters. The minimum atomic E-state index is -0.633. The third-order valence-electron chi connectivity index (χ3n) is 12.4. The van der Waals surface area contributed by atoms with Gasteiger partial charge < -0.3 is 29.2 Å². The SMILES string of the molecule is CC/C1=C\C=C\C[C@H](C)/C(C)=C\[C@H](CC)[C@@H](OC)/C(C)=C/C(C)=C/C[C@@H](C(C)C)OC1=O.CC[C@H]1/C=C(/C)[C@@H](O)C/C=C/C=C(\CO)C(=O)O[C@H](C(C)C)C/C=C(C)/C=C(\C)[C@@H]1OC. The van der Waals surface area contributed by atoms with E-state index >= 15 is 0 Å². The monoisotopic (exact) mass is 889 g/mol. The zero-order valence-electron chi connectivity index (χ0n) is 42.7. The summed E-state index contributed by atoms with van der Waals surface area (Å²) in [5.41, 5.74) is 7.75. The van der Waals surface area contributed by atoms with E-state index in [0.29, 0.717) is 37.5 Å². The maximum absolute atomic E-state index is 12.8. The number of methoxy groups -OCH3 is 2. The van der Waals surface area contributed by atoms with Gasteiger partial charge in [0, 0.05) is 44.5 Å². The Morgan fingerprint density at radius 3 is 1.47 bits per heavy atom. The van der Waals surface area contributed by atoms with Gasteiger partial charge in [-0.3, -0.25) is 0 Å². The molecule has 8 atom stereocenters. The molecule has 8 nitrogen and oxygen atoms in total. The molecule has 0 spiro atoms. The van der Waals surface area contributed by atoms with Crippen LogP contribution < -0.4 is 0 Å². The highest BCUT2D eigenvalue weighted by Gasteiger charge is 2.24. The fourth-order valence-electron chi connectivity index (χ4n) is 7.88. The van der Waals surface area contributed by atoms with Gasteiger partial charge in [0.15, 0.2) is 0 Å². The Bertz CT molecular complexity index is 1630. The molecule has 8 heteroatoms. The number of esters is 2. The zero-order valence-corrected chi connectivity index (χ0v) is 42.7. The van der Waals surface area contributed by atoms with Crippen molar-refractivity contribution in [1.29, 1.82) is 0 Å². The number of cyclic esters (lactones) is 2. The summed E-state index contributed by atoms with van der Waals surface area (Å²) in [6.45, 7) is 28.9. The Labute approximate surface area is 389 Å². The lowest BCUT2D eigenvalue weighted by Crippen LogP contribution is -2.25. The third kappa shape index (κ3) is 20.6. The molecule has 360 valence electrons. The first kappa shape index (κ1) is 58.2. The van der Waals surface area contributed by atoms with Gasteiger partial charge in [-0.25, -0.2) is 9.59 Å². The summed E-state index contributed by atoms with van der Waals surface area (Å²) < 4.78 is 23.4. The second-order valence-electron chi connectivity index (χ2n) is 18.4. The van der Waals surface area contributed by atoms with Crippen molar-refractivity contribution in [1.82, 2.24) is 0 Å². The van der Waals surface area contributed by atoms with E-state index in [9.17, 15) is 19.8 Å². The molecule has 0 fully saturated rings. The summed E-state index contributed by atoms with van der Waals surface area (Å²) in [6, 6.07) is 0. The van der Waals surface area contributed by atoms with E-state index in [2.05, 4.69) is 105 Å². The molecule has 2 aliphatic heterocycles. The highest BCUT2D eigenvalue weighted by Crippen LogP contribution is 2.28. The minimum Gasteiger partial charge on any atom is -0.458 e. The van der Waals surface area contributed by atoms with Crippen LogP contribution in [0.1, 0.15) is 142 Å². The van der Waals surface area contributed by atoms with Gasteiger partial charge in [0.25, 0.3) is 0 Å². The summed E-state index contributed by atoms with van der Waals surface area (Å²) >= 11 is 0. The van der Waals surface area contributed by atoms with E-state index in [1.165, 1.54) is 16.7 Å². The second-order valence-corrected chi connectivity index (χ2v) is 18.4. The molecule has 2 N–H and O–H groups in total. The molecule has 2 rings (SSSR count). The van der Waals surface area contributed by atoms with Crippen LogP contribution in [0.5, 0.6) is 0 Å². The van der Waals surface area contributed by atoms with Crippen LogP contribution in [-0.2, 0) is 28.5 Å². The van der Waals surface area contributed by atoms with Crippen molar-refractivity contribution in [2.75, 3.05) is 20.8 Å². The quantitative estimate of drug-likeness (QED) is 0.183. The average Bonchev–Trinajstić information content (AvgIpc) is 3.24. The van der Waals surface area contributed by atoms with Crippen LogP contribution in [0.25, 0.3) is 0 Å². The van der Waals surface area contributed by atoms with Gasteiger partial charge in [-0.05, 0) is 114 Å². The van der Waals surface area contributed by atoms with Gasteiger partial charge in [-0.2, -0.15) is 0 Å². The lowest BCUT2D eigenvalue weighted by atomic mass is 9.87. The first-order valence-electron chi connectivity index (χ1n) is 23.8. The molecule has 0 aliphatic carbocycles. The normalized spacial score (nSPS) is 34.5. The van der Waals surface area contributed by atoms with Crippen LogP contribution >= 0.6 is 0 Å². The standard InChI is InChI=1S/C29H46O3.C27H42O5/c1-10-25-15-13-12-14-22(6)23(7)19-26(11-2)28(31-9)24(8)18-21(5)16-17-27(20(3)4)32-29(25)30;1-8-22-16-20(5)24(29)12-10-9-11-23(17-28)27(30)32-25(18(2)3)14-13-19(4)15-21(6)26(22)31-7/h12-13,15-16,18-20,22,26-28H,10-11,14,17H2,1-9H3;9-11,13,15-16,18,22,24-26,28-29H,8,12,14,17H2,1-7H3/b13-12+,21-16+,23-19-,24-18+,25-15+;10-9+,19-13+,20-16-,21-15+,23-11+/t22-,26-,27-,28-;22-,24-,25-,26-/m00/s1. The van der Waals surface area contributed by atoms with Crippen molar-refractivity contribution >= 4 is 11.9 Å². The number of aliphatic hydroxyl groups excluding tert-OH is 2. The summed E-state index contributed by atoms with van der Waals surface area (Å²) in [5, 5.41) is 20.2. The molecule has 0 aromatic carbocycles. The van der Waals surface area contributed by atoms with E-state index in [1.807, 2.05) is 46.8 Å². The number of hydrogen-bond acceptors (Lipinski definition) is 8. The maximum Gasteiger partial charge on any atom is 0.336 e. The van der Waals surface area contributed by atoms with E-state index < -0.39 is 18.7 Å². The van der Waals surface area contributed by atoms with Crippen LogP contribution in [0.2, 0.25) is 0 Å². The van der Waals surface area contributed by atoms with Crippen LogP contribution in [-0.4, -0.2) is 73.5 Å². The smallest absolute Gasteiger partial charge is 0.336 e. The molecule has 2 aliphatic rings. The lowest BCUT2D eigenvalue weighted by molar-refractivity contribution is -0.147. The highest BCUT2D eigenvalue weighted by molar-refractivity contribution is 5.89. The van der Waals surface area contributed by atoms with Gasteiger partial charge >= 0.3 is 11.9 Å². The van der Waals surface area contributed by atoms with Crippen LogP contribution in [0.3, 0.4) is 0 Å². The Hall–Kier alpha value is -3.82. The van der Waals surface area contributed by atoms with Gasteiger partial charge in [0.2, 0.25) is 0 Å². The van der Waals surface area contributed by atoms with E-state index in [4.69, 9.17) is 18.9 Å². The summed E-state index contributed by atoms with van der Waals surface area (Å²) in [7, 11) is 3.52. The summed E-state index contributed by atoms with van der Waals surface area (Å²) in [5.74, 6) is 0.572. The summed E-state index contributed by atoms with van der Waals surface area (Å²) in [4.78, 5) is 25.3. The van der Waals surface area contributed by atoms with E-state index in [1.54, 1.807) is 32.4 Å². The van der Waals surface area contributed by atoms with E-state index in [0.717, 1.165) is 41.6 Å². The first-order valence-corrected chi connectivity index (χ1v) is 23.8. The number of aliphatic hydroxyl groups is 2. The van der Waals surface area contributed by atoms with Crippen LogP contribution in [0.4, 0.5) is 0 Å². The Balaban J connectivity index is 0.000000640. The largest absolute Gasteiger partial charge is 0.458 e. The predicted octanol–water partition coefficient (Wildman–Crippen LogP) is 12.8. The van der Waals surface area contributed by atoms with Crippen molar-refractivity contribution < 1.29 is 38.7 Å². The van der Waals surface area contributed by atoms with Crippen molar-refractivity contribution in [2.24, 2.45) is 29.6 Å². The van der Waals surface area contributed by atoms with Crippen molar-refractivity contribution in [2.45, 2.75) is 172 Å². The molecule has 0 aromatic rings. The van der Waals surface area contributed by atoms with Crippen molar-refractivity contribution in [3.8, 4) is 0 Å². The Morgan fingerprint density at radius 1 is 0.641 bits per heavy atom. The van der Waals surface area contributed by atoms with Gasteiger partial charge in [-0.15, -0.1) is 0 Å². The molecule has 0 amide bonds. The fourth-order valence-corrected chi connectivity index (χ4v) is 7.88. The molecule has 0 saturated heterocycles. The van der Waals surface area contributed by atoms with Crippen molar-refractivity contribution in [3.05, 3.63) is 117 Å². The molecule has 64 heavy (non-hydrogen) atoms. The molecular weight excluding hydrogens is 801 g/mol. The predicted molar refractivity (Wildman–Crippen MR) is 267 cm³/mol. The fraction of sp³-hybridized carbons (Fsp3) is 0.607. The van der Waals surface area contributed by atoms with E-state index in [-0.39, 0.29) is 53.7 Å². The molecule has 2 heterocycles. The lowest BCUT2D eigenvalue weighted by Gasteiger charge is -2.25. The molecule has 0 radical (unpaired) electrons. The number of carbonyl (C=O) groups is 2. The average molecular weight is 889 g/mol. The van der Waals surface area contributed by atoms with Crippen LogP contribution in [0.15, 0.2) is 117 Å². The van der Waals surface area contributed by atoms with Crippen molar-refractivity contribution in [3.63, 3.8) is 0 Å². The highest BCUT2D eigenvalue weighted by atomic mass is 16.5. The van der Waals surface area contributed by atoms with Gasteiger partial charge in [0.1, 0.15) is 12.2 Å². The zero-order chi connectivity index (χ0) is 48.5. The Morgan fingerprint density at radius 2 is 1.06 bits per heavy atom. The number of carbonyl (C=O) groups excluding carboxylic acids is 2. The topological polar surface area (TPSA) is 112 Å². The van der Waals surface area contributed by atoms with Crippen LogP contribution in [0, 0.1) is 29.6 Å². The second kappa shape index (κ2) is 31.2. The summed E-state index contributed by atoms with van der Waals surface area (Å²) in [6.07, 6.45) is 28.3.